The Bertz CT molecular complexity index is 715. The minimum atomic E-state index is 0.205. The summed E-state index contributed by atoms with van der Waals surface area (Å²) in [5.74, 6) is 0. The molecule has 1 aliphatic rings. The minimum absolute atomic E-state index is 0.205. The van der Waals surface area contributed by atoms with Gasteiger partial charge in [0.2, 0.25) is 0 Å². The molecule has 0 fully saturated rings. The Balaban J connectivity index is 1.78. The number of nitrogens with zero attached hydrogens (tertiary/aromatic N) is 1. The third-order valence-corrected chi connectivity index (χ3v) is 6.00. The summed E-state index contributed by atoms with van der Waals surface area (Å²) >= 11 is 8.09. The van der Waals surface area contributed by atoms with Crippen molar-refractivity contribution in [2.45, 2.75) is 48.9 Å². The van der Waals surface area contributed by atoms with Crippen molar-refractivity contribution in [2.24, 2.45) is 0 Å². The van der Waals surface area contributed by atoms with E-state index in [1.54, 1.807) is 0 Å². The van der Waals surface area contributed by atoms with E-state index in [4.69, 9.17) is 11.6 Å². The lowest BCUT2D eigenvalue weighted by atomic mass is 10.0. The Morgan fingerprint density at radius 2 is 1.83 bits per heavy atom. The highest BCUT2D eigenvalue weighted by Gasteiger charge is 2.23. The van der Waals surface area contributed by atoms with Crippen LogP contribution in [0.25, 0.3) is 0 Å². The van der Waals surface area contributed by atoms with Gasteiger partial charge in [0, 0.05) is 26.9 Å². The van der Waals surface area contributed by atoms with Crippen LogP contribution in [0.1, 0.15) is 33.6 Å². The Hall–Kier alpha value is -1.16. The standard InChI is InChI=1S/C20H25ClN2S/c1-4-20(2,3)22-12-7-13-23-16-8-5-6-9-18(16)24-19-11-10-15(21)14-17(19)23/h5-6,8-11,14,22H,4,7,12-13H2,1-3H3. The van der Waals surface area contributed by atoms with E-state index in [2.05, 4.69) is 67.4 Å². The number of nitrogens with one attached hydrogen (secondary N) is 1. The lowest BCUT2D eigenvalue weighted by molar-refractivity contribution is 0.375. The molecule has 1 N–H and O–H groups in total. The van der Waals surface area contributed by atoms with Crippen LogP contribution in [0, 0.1) is 0 Å². The van der Waals surface area contributed by atoms with Crippen LogP contribution >= 0.6 is 23.4 Å². The topological polar surface area (TPSA) is 15.3 Å². The van der Waals surface area contributed by atoms with Crippen LogP contribution in [0.2, 0.25) is 5.02 Å². The lowest BCUT2D eigenvalue weighted by Crippen LogP contribution is -2.40. The van der Waals surface area contributed by atoms with Crippen LogP contribution in [0.4, 0.5) is 11.4 Å². The third kappa shape index (κ3) is 3.90. The molecular weight excluding hydrogens is 336 g/mol. The van der Waals surface area contributed by atoms with E-state index in [9.17, 15) is 0 Å². The molecular formula is C20H25ClN2S. The van der Waals surface area contributed by atoms with Gasteiger partial charge in [-0.05, 0) is 63.6 Å². The molecule has 3 rings (SSSR count). The molecule has 0 saturated heterocycles. The molecule has 0 aromatic heterocycles. The van der Waals surface area contributed by atoms with Gasteiger partial charge in [0.15, 0.2) is 0 Å². The Labute approximate surface area is 154 Å². The first-order chi connectivity index (χ1) is 11.5. The monoisotopic (exact) mass is 360 g/mol. The van der Waals surface area contributed by atoms with E-state index < -0.39 is 0 Å². The average molecular weight is 361 g/mol. The second-order valence-corrected chi connectivity index (χ2v) is 8.37. The molecule has 2 aromatic rings. The summed E-state index contributed by atoms with van der Waals surface area (Å²) in [5, 5.41) is 4.44. The molecule has 24 heavy (non-hydrogen) atoms. The molecule has 0 saturated carbocycles. The van der Waals surface area contributed by atoms with E-state index in [0.29, 0.717) is 0 Å². The van der Waals surface area contributed by atoms with E-state index in [1.165, 1.54) is 21.2 Å². The van der Waals surface area contributed by atoms with Gasteiger partial charge in [0.25, 0.3) is 0 Å². The molecule has 4 heteroatoms. The van der Waals surface area contributed by atoms with Crippen molar-refractivity contribution in [3.05, 3.63) is 47.5 Å². The zero-order chi connectivity index (χ0) is 17.2. The fraction of sp³-hybridized carbons (Fsp3) is 0.400. The van der Waals surface area contributed by atoms with Gasteiger partial charge >= 0.3 is 0 Å². The van der Waals surface area contributed by atoms with E-state index >= 15 is 0 Å². The van der Waals surface area contributed by atoms with Crippen LogP contribution in [0.3, 0.4) is 0 Å². The first kappa shape index (κ1) is 17.7. The van der Waals surface area contributed by atoms with Gasteiger partial charge in [-0.15, -0.1) is 0 Å². The number of rotatable bonds is 6. The quantitative estimate of drug-likeness (QED) is 0.625. The van der Waals surface area contributed by atoms with E-state index in [0.717, 1.165) is 31.0 Å². The van der Waals surface area contributed by atoms with Gasteiger partial charge in [0.1, 0.15) is 0 Å². The summed E-state index contributed by atoms with van der Waals surface area (Å²) in [4.78, 5) is 5.00. The minimum Gasteiger partial charge on any atom is -0.340 e. The Morgan fingerprint density at radius 3 is 2.62 bits per heavy atom. The van der Waals surface area contributed by atoms with E-state index in [-0.39, 0.29) is 5.54 Å². The van der Waals surface area contributed by atoms with Crippen molar-refractivity contribution in [3.8, 4) is 0 Å². The number of halogens is 1. The van der Waals surface area contributed by atoms with Crippen LogP contribution in [-0.4, -0.2) is 18.6 Å². The molecule has 0 bridgehead atoms. The molecule has 1 aliphatic heterocycles. The van der Waals surface area contributed by atoms with Crippen LogP contribution < -0.4 is 10.2 Å². The molecule has 0 radical (unpaired) electrons. The van der Waals surface area contributed by atoms with E-state index in [1.807, 2.05) is 17.8 Å². The maximum Gasteiger partial charge on any atom is 0.0567 e. The highest BCUT2D eigenvalue weighted by Crippen LogP contribution is 2.48. The highest BCUT2D eigenvalue weighted by atomic mass is 35.5. The highest BCUT2D eigenvalue weighted by molar-refractivity contribution is 7.99. The van der Waals surface area contributed by atoms with Crippen molar-refractivity contribution in [1.29, 1.82) is 0 Å². The number of hydrogen-bond acceptors (Lipinski definition) is 3. The summed E-state index contributed by atoms with van der Waals surface area (Å²) in [7, 11) is 0. The SMILES string of the molecule is CCC(C)(C)NCCCN1c2ccccc2Sc2ccc(Cl)cc21. The number of anilines is 2. The van der Waals surface area contributed by atoms with Crippen molar-refractivity contribution in [1.82, 2.24) is 5.32 Å². The van der Waals surface area contributed by atoms with Gasteiger partial charge in [-0.25, -0.2) is 0 Å². The normalized spacial score (nSPS) is 13.6. The molecule has 0 spiro atoms. The summed E-state index contributed by atoms with van der Waals surface area (Å²) in [6.07, 6.45) is 2.23. The molecule has 1 heterocycles. The van der Waals surface area contributed by atoms with Crippen molar-refractivity contribution < 1.29 is 0 Å². The first-order valence-electron chi connectivity index (χ1n) is 8.59. The van der Waals surface area contributed by atoms with Crippen LogP contribution in [-0.2, 0) is 0 Å². The Morgan fingerprint density at radius 1 is 1.08 bits per heavy atom. The zero-order valence-corrected chi connectivity index (χ0v) is 16.2. The molecule has 2 nitrogen and oxygen atoms in total. The third-order valence-electron chi connectivity index (χ3n) is 4.63. The Kier molecular flexibility index (Phi) is 5.43. The smallest absolute Gasteiger partial charge is 0.0567 e. The molecule has 0 aliphatic carbocycles. The molecule has 0 unspecified atom stereocenters. The number of hydrogen-bond donors (Lipinski definition) is 1. The maximum atomic E-state index is 6.26. The second-order valence-electron chi connectivity index (χ2n) is 6.85. The van der Waals surface area contributed by atoms with Crippen molar-refractivity contribution in [3.63, 3.8) is 0 Å². The van der Waals surface area contributed by atoms with Gasteiger partial charge in [-0.1, -0.05) is 42.4 Å². The fourth-order valence-corrected chi connectivity index (χ4v) is 4.07. The van der Waals surface area contributed by atoms with Crippen LogP contribution in [0.15, 0.2) is 52.3 Å². The average Bonchev–Trinajstić information content (AvgIpc) is 2.58. The number of benzene rings is 2. The first-order valence-corrected chi connectivity index (χ1v) is 9.78. The maximum absolute atomic E-state index is 6.26. The molecule has 0 atom stereocenters. The number of para-hydroxylation sites is 1. The number of fused-ring (bicyclic) bond motifs is 2. The predicted octanol–water partition coefficient (Wildman–Crippen LogP) is 6.11. The summed E-state index contributed by atoms with van der Waals surface area (Å²) in [6, 6.07) is 14.8. The molecule has 128 valence electrons. The summed E-state index contributed by atoms with van der Waals surface area (Å²) < 4.78 is 0. The van der Waals surface area contributed by atoms with Crippen LogP contribution in [0.5, 0.6) is 0 Å². The molecule has 0 amide bonds. The van der Waals surface area contributed by atoms with Gasteiger partial charge in [0.05, 0.1) is 11.4 Å². The van der Waals surface area contributed by atoms with Gasteiger partial charge < -0.3 is 10.2 Å². The zero-order valence-electron chi connectivity index (χ0n) is 14.6. The predicted molar refractivity (Wildman–Crippen MR) is 106 cm³/mol. The second kappa shape index (κ2) is 7.38. The molecule has 2 aromatic carbocycles. The van der Waals surface area contributed by atoms with Gasteiger partial charge in [-0.3, -0.25) is 0 Å². The summed E-state index contributed by atoms with van der Waals surface area (Å²) in [6.45, 7) is 8.74. The lowest BCUT2D eigenvalue weighted by Gasteiger charge is -2.33. The fourth-order valence-electron chi connectivity index (χ4n) is 2.83. The van der Waals surface area contributed by atoms with Crippen molar-refractivity contribution in [2.75, 3.05) is 18.0 Å². The van der Waals surface area contributed by atoms with Gasteiger partial charge in [-0.2, -0.15) is 0 Å². The largest absolute Gasteiger partial charge is 0.340 e. The van der Waals surface area contributed by atoms with Crippen molar-refractivity contribution >= 4 is 34.7 Å². The summed E-state index contributed by atoms with van der Waals surface area (Å²) in [5.41, 5.74) is 2.71.